The van der Waals surface area contributed by atoms with E-state index in [0.717, 1.165) is 22.6 Å². The maximum atomic E-state index is 12.2. The second-order valence-electron chi connectivity index (χ2n) is 5.74. The molecule has 0 bridgehead atoms. The lowest BCUT2D eigenvalue weighted by molar-refractivity contribution is 0.103. The minimum atomic E-state index is -3.19. The average molecular weight is 389 g/mol. The fourth-order valence-electron chi connectivity index (χ4n) is 1.89. The summed E-state index contributed by atoms with van der Waals surface area (Å²) >= 11 is 2.72. The number of nitrogens with zero attached hydrogens (tertiary/aromatic N) is 2. The number of anilines is 1. The Morgan fingerprint density at radius 2 is 2.00 bits per heavy atom. The van der Waals surface area contributed by atoms with Crippen LogP contribution in [-0.2, 0) is 22.9 Å². The van der Waals surface area contributed by atoms with Gasteiger partial charge >= 0.3 is 0 Å². The topological polar surface area (TPSA) is 101 Å². The van der Waals surface area contributed by atoms with E-state index in [-0.39, 0.29) is 5.91 Å². The molecule has 0 unspecified atom stereocenters. The Morgan fingerprint density at radius 1 is 1.25 bits per heavy atom. The highest BCUT2D eigenvalue weighted by atomic mass is 32.2. The molecule has 0 spiro atoms. The van der Waals surface area contributed by atoms with Crippen LogP contribution in [-0.4, -0.2) is 37.3 Å². The van der Waals surface area contributed by atoms with Crippen LogP contribution in [0, 0.1) is 5.92 Å². The monoisotopic (exact) mass is 388 g/mol. The van der Waals surface area contributed by atoms with Gasteiger partial charge in [-0.2, -0.15) is 0 Å². The molecule has 2 N–H and O–H groups in total. The second kappa shape index (κ2) is 8.15. The van der Waals surface area contributed by atoms with Crippen LogP contribution < -0.4 is 10.0 Å². The number of nitrogens with one attached hydrogen (secondary N) is 2. The highest BCUT2D eigenvalue weighted by Crippen LogP contribution is 2.21. The van der Waals surface area contributed by atoms with Crippen molar-refractivity contribution in [3.05, 3.63) is 26.9 Å². The van der Waals surface area contributed by atoms with Crippen molar-refractivity contribution in [1.82, 2.24) is 14.9 Å². The van der Waals surface area contributed by atoms with Crippen LogP contribution in [0.4, 0.5) is 5.13 Å². The van der Waals surface area contributed by atoms with Gasteiger partial charge in [0, 0.05) is 17.8 Å². The Bertz CT molecular complexity index is 796. The first kappa shape index (κ1) is 19.0. The molecule has 132 valence electrons. The fourth-order valence-corrected chi connectivity index (χ4v) is 4.21. The lowest BCUT2D eigenvalue weighted by Crippen LogP contribution is -2.24. The molecule has 1 amide bonds. The number of carbonyl (C=O) groups is 1. The van der Waals surface area contributed by atoms with Gasteiger partial charge in [-0.15, -0.1) is 21.5 Å². The number of rotatable bonds is 8. The number of carbonyl (C=O) groups excluding carboxylic acids is 1. The van der Waals surface area contributed by atoms with Crippen LogP contribution in [0.5, 0.6) is 0 Å². The van der Waals surface area contributed by atoms with Crippen LogP contribution in [0.2, 0.25) is 0 Å². The van der Waals surface area contributed by atoms with Crippen molar-refractivity contribution in [3.8, 4) is 0 Å². The summed E-state index contributed by atoms with van der Waals surface area (Å²) in [5.74, 6) is 0.261. The quantitative estimate of drug-likeness (QED) is 0.721. The van der Waals surface area contributed by atoms with E-state index in [1.54, 1.807) is 6.07 Å². The third-order valence-electron chi connectivity index (χ3n) is 2.89. The molecule has 0 aliphatic heterocycles. The van der Waals surface area contributed by atoms with Crippen molar-refractivity contribution < 1.29 is 13.2 Å². The Morgan fingerprint density at radius 3 is 2.67 bits per heavy atom. The standard InChI is InChI=1S/C14H20N4O3S3/c1-9(2)8-12-17-18-14(23-12)16-13(19)11-5-4-10(22-11)6-7-15-24(3,20)21/h4-5,9,15H,6-8H2,1-3H3,(H,16,18,19). The molecule has 7 nitrogen and oxygen atoms in total. The summed E-state index contributed by atoms with van der Waals surface area (Å²) in [5.41, 5.74) is 0. The van der Waals surface area contributed by atoms with Gasteiger partial charge in [-0.25, -0.2) is 13.1 Å². The lowest BCUT2D eigenvalue weighted by Gasteiger charge is -2.00. The van der Waals surface area contributed by atoms with Crippen LogP contribution in [0.1, 0.15) is 33.4 Å². The van der Waals surface area contributed by atoms with Crippen LogP contribution >= 0.6 is 22.7 Å². The van der Waals surface area contributed by atoms with Gasteiger partial charge in [0.25, 0.3) is 5.91 Å². The first-order chi connectivity index (χ1) is 11.2. The first-order valence-corrected chi connectivity index (χ1v) is 10.9. The number of hydrogen-bond donors (Lipinski definition) is 2. The smallest absolute Gasteiger partial charge is 0.267 e. The van der Waals surface area contributed by atoms with Crippen molar-refractivity contribution in [1.29, 1.82) is 0 Å². The predicted molar refractivity (Wildman–Crippen MR) is 97.3 cm³/mol. The summed E-state index contributed by atoms with van der Waals surface area (Å²) in [5, 5.41) is 12.2. The molecule has 0 atom stereocenters. The van der Waals surface area contributed by atoms with E-state index >= 15 is 0 Å². The zero-order valence-corrected chi connectivity index (χ0v) is 16.1. The predicted octanol–water partition coefficient (Wildman–Crippen LogP) is 2.14. The van der Waals surface area contributed by atoms with Crippen molar-refractivity contribution in [3.63, 3.8) is 0 Å². The molecule has 2 aromatic heterocycles. The summed E-state index contributed by atoms with van der Waals surface area (Å²) < 4.78 is 24.5. The van der Waals surface area contributed by atoms with E-state index in [1.807, 2.05) is 6.07 Å². The zero-order chi connectivity index (χ0) is 17.7. The third-order valence-corrected chi connectivity index (χ3v) is 5.62. The van der Waals surface area contributed by atoms with E-state index in [1.165, 1.54) is 22.7 Å². The Balaban J connectivity index is 1.90. The lowest BCUT2D eigenvalue weighted by atomic mass is 10.1. The molecule has 0 saturated carbocycles. The maximum absolute atomic E-state index is 12.2. The van der Waals surface area contributed by atoms with Crippen molar-refractivity contribution in [2.24, 2.45) is 5.92 Å². The molecule has 0 fully saturated rings. The molecule has 2 heterocycles. The summed E-state index contributed by atoms with van der Waals surface area (Å²) in [6, 6.07) is 3.56. The molecule has 0 aliphatic rings. The van der Waals surface area contributed by atoms with Gasteiger partial charge in [0.15, 0.2) is 0 Å². The summed E-state index contributed by atoms with van der Waals surface area (Å²) in [7, 11) is -3.19. The number of sulfonamides is 1. The molecular weight excluding hydrogens is 368 g/mol. The Hall–Kier alpha value is -1.36. The molecule has 2 aromatic rings. The van der Waals surface area contributed by atoms with Gasteiger partial charge in [0.1, 0.15) is 5.01 Å². The normalized spacial score (nSPS) is 11.8. The zero-order valence-electron chi connectivity index (χ0n) is 13.7. The number of aromatic nitrogens is 2. The highest BCUT2D eigenvalue weighted by molar-refractivity contribution is 7.88. The van der Waals surface area contributed by atoms with Crippen molar-refractivity contribution >= 4 is 43.7 Å². The maximum Gasteiger partial charge on any atom is 0.267 e. The summed E-state index contributed by atoms with van der Waals surface area (Å²) in [4.78, 5) is 13.7. The number of hydrogen-bond acceptors (Lipinski definition) is 7. The van der Waals surface area contributed by atoms with Crippen LogP contribution in [0.3, 0.4) is 0 Å². The Kier molecular flexibility index (Phi) is 6.44. The summed E-state index contributed by atoms with van der Waals surface area (Å²) in [6.45, 7) is 4.52. The molecule has 2 rings (SSSR count). The van der Waals surface area contributed by atoms with Gasteiger partial charge in [-0.05, 0) is 24.5 Å². The average Bonchev–Trinajstić information content (AvgIpc) is 3.06. The number of amides is 1. The van der Waals surface area contributed by atoms with E-state index in [9.17, 15) is 13.2 Å². The van der Waals surface area contributed by atoms with E-state index in [0.29, 0.717) is 28.9 Å². The van der Waals surface area contributed by atoms with Crippen molar-refractivity contribution in [2.45, 2.75) is 26.7 Å². The number of thiophene rings is 1. The highest BCUT2D eigenvalue weighted by Gasteiger charge is 2.13. The van der Waals surface area contributed by atoms with Gasteiger partial charge in [0.2, 0.25) is 15.2 Å². The van der Waals surface area contributed by atoms with E-state index in [4.69, 9.17) is 0 Å². The third kappa shape index (κ3) is 6.27. The second-order valence-corrected chi connectivity index (χ2v) is 9.80. The van der Waals surface area contributed by atoms with E-state index in [2.05, 4.69) is 34.1 Å². The minimum Gasteiger partial charge on any atom is -0.296 e. The molecule has 0 aromatic carbocycles. The molecule has 0 radical (unpaired) electrons. The minimum absolute atomic E-state index is 0.227. The molecule has 0 saturated heterocycles. The van der Waals surface area contributed by atoms with Crippen molar-refractivity contribution in [2.75, 3.05) is 18.1 Å². The molecule has 10 heteroatoms. The van der Waals surface area contributed by atoms with Gasteiger partial charge in [-0.3, -0.25) is 10.1 Å². The molecule has 24 heavy (non-hydrogen) atoms. The van der Waals surface area contributed by atoms with Gasteiger partial charge in [0.05, 0.1) is 11.1 Å². The van der Waals surface area contributed by atoms with Crippen LogP contribution in [0.25, 0.3) is 0 Å². The SMILES string of the molecule is CC(C)Cc1nnc(NC(=O)c2ccc(CCNS(C)(=O)=O)s2)s1. The van der Waals surface area contributed by atoms with Crippen LogP contribution in [0.15, 0.2) is 12.1 Å². The molecular formula is C14H20N4O3S3. The fraction of sp³-hybridized carbons (Fsp3) is 0.500. The molecule has 0 aliphatic carbocycles. The van der Waals surface area contributed by atoms with Gasteiger partial charge in [-0.1, -0.05) is 25.2 Å². The Labute approximate surface area is 149 Å². The summed E-state index contributed by atoms with van der Waals surface area (Å²) in [6.07, 6.45) is 2.50. The largest absolute Gasteiger partial charge is 0.296 e. The first-order valence-electron chi connectivity index (χ1n) is 7.40. The van der Waals surface area contributed by atoms with E-state index < -0.39 is 10.0 Å². The van der Waals surface area contributed by atoms with Gasteiger partial charge < -0.3 is 0 Å².